The Morgan fingerprint density at radius 1 is 1.03 bits per heavy atom. The summed E-state index contributed by atoms with van der Waals surface area (Å²) in [5.41, 5.74) is 2.52. The fraction of sp³-hybridized carbons (Fsp3) is 0.414. The fourth-order valence-corrected chi connectivity index (χ4v) is 4.27. The summed E-state index contributed by atoms with van der Waals surface area (Å²) in [5.74, 6) is 1.22. The Morgan fingerprint density at radius 2 is 1.79 bits per heavy atom. The zero-order valence-electron chi connectivity index (χ0n) is 22.8. The Labute approximate surface area is 229 Å². The van der Waals surface area contributed by atoms with Crippen LogP contribution in [0.4, 0.5) is 15.9 Å². The number of piperidine rings is 1. The molecule has 0 aliphatic carbocycles. The molecule has 2 aromatic heterocycles. The molecule has 0 radical (unpaired) electrons. The maximum atomic E-state index is 13.6. The summed E-state index contributed by atoms with van der Waals surface area (Å²) in [7, 11) is 4.21. The maximum absolute atomic E-state index is 13.6. The molecule has 2 fully saturated rings. The number of aromatic nitrogens is 3. The first kappa shape index (κ1) is 29.9. The number of likely N-dealkylation sites (N-methyl/N-ethyl adjacent to an activating group) is 2. The second-order valence-corrected chi connectivity index (χ2v) is 9.51. The van der Waals surface area contributed by atoms with Crippen molar-refractivity contribution >= 4 is 24.1 Å². The van der Waals surface area contributed by atoms with E-state index < -0.39 is 0 Å². The molecule has 5 rings (SSSR count). The van der Waals surface area contributed by atoms with Gasteiger partial charge in [-0.2, -0.15) is 0 Å². The number of morpholine rings is 1. The Bertz CT molecular complexity index is 1210. The van der Waals surface area contributed by atoms with Crippen molar-refractivity contribution in [3.8, 4) is 11.3 Å². The van der Waals surface area contributed by atoms with Crippen molar-refractivity contribution < 1.29 is 18.7 Å². The molecular weight excluding hydrogens is 499 g/mol. The van der Waals surface area contributed by atoms with E-state index in [2.05, 4.69) is 34.2 Å². The maximum Gasteiger partial charge on any atom is 0.151 e. The number of ether oxygens (including phenoxy) is 1. The standard InChI is InChI=1S/C22H22FN5O.C5H11NO.C2H4O/c1-28-7-3-4-16(13-28)22-26-20(17-8-15(14-29)11-24-12-17)10-21(27-22)25-19-6-2-5-18(23)9-19;1-6-2-4-7-5-3-6;1-2-3/h2,5-6,8-12,14,16H,3-4,7,13H2,1H3,(H,25,26,27);2-5H2,1H3;2H,1H3. The third kappa shape index (κ3) is 9.90. The number of nitrogens with one attached hydrogen (secondary N) is 1. The first-order valence-corrected chi connectivity index (χ1v) is 13.1. The normalized spacial score (nSPS) is 17.6. The van der Waals surface area contributed by atoms with Gasteiger partial charge in [0.1, 0.15) is 23.7 Å². The summed E-state index contributed by atoms with van der Waals surface area (Å²) in [6.07, 6.45) is 6.81. The highest BCUT2D eigenvalue weighted by molar-refractivity contribution is 5.77. The summed E-state index contributed by atoms with van der Waals surface area (Å²) < 4.78 is 18.7. The predicted molar refractivity (Wildman–Crippen MR) is 150 cm³/mol. The Balaban J connectivity index is 0.000000356. The molecule has 1 atom stereocenters. The van der Waals surface area contributed by atoms with Gasteiger partial charge < -0.3 is 24.6 Å². The number of nitrogens with zero attached hydrogens (tertiary/aromatic N) is 5. The molecule has 4 heterocycles. The van der Waals surface area contributed by atoms with E-state index in [1.54, 1.807) is 30.5 Å². The first-order valence-electron chi connectivity index (χ1n) is 13.1. The van der Waals surface area contributed by atoms with Crippen molar-refractivity contribution in [3.63, 3.8) is 0 Å². The van der Waals surface area contributed by atoms with Gasteiger partial charge in [-0.3, -0.25) is 9.78 Å². The second-order valence-electron chi connectivity index (χ2n) is 9.51. The fourth-order valence-electron chi connectivity index (χ4n) is 4.27. The van der Waals surface area contributed by atoms with Crippen molar-refractivity contribution in [2.24, 2.45) is 0 Å². The number of carbonyl (C=O) groups excluding carboxylic acids is 2. The molecule has 39 heavy (non-hydrogen) atoms. The van der Waals surface area contributed by atoms with Gasteiger partial charge in [0.05, 0.1) is 18.9 Å². The molecular formula is C29H37FN6O3. The number of halogens is 1. The third-order valence-electron chi connectivity index (χ3n) is 6.26. The van der Waals surface area contributed by atoms with Gasteiger partial charge in [0, 0.05) is 60.8 Å². The van der Waals surface area contributed by atoms with Crippen LogP contribution in [0.15, 0.2) is 48.8 Å². The van der Waals surface area contributed by atoms with Gasteiger partial charge in [-0.1, -0.05) is 6.07 Å². The van der Waals surface area contributed by atoms with Crippen LogP contribution in [-0.4, -0.2) is 90.8 Å². The van der Waals surface area contributed by atoms with E-state index in [9.17, 15) is 9.18 Å². The van der Waals surface area contributed by atoms with E-state index in [0.29, 0.717) is 22.8 Å². The highest BCUT2D eigenvalue weighted by atomic mass is 19.1. The zero-order valence-corrected chi connectivity index (χ0v) is 22.8. The molecule has 3 aromatic rings. The smallest absolute Gasteiger partial charge is 0.151 e. The molecule has 208 valence electrons. The van der Waals surface area contributed by atoms with Gasteiger partial charge >= 0.3 is 0 Å². The number of anilines is 2. The van der Waals surface area contributed by atoms with Crippen molar-refractivity contribution in [2.45, 2.75) is 25.7 Å². The summed E-state index contributed by atoms with van der Waals surface area (Å²) >= 11 is 0. The highest BCUT2D eigenvalue weighted by Gasteiger charge is 2.23. The minimum absolute atomic E-state index is 0.212. The molecule has 0 spiro atoms. The molecule has 2 aliphatic rings. The van der Waals surface area contributed by atoms with Crippen molar-refractivity contribution in [2.75, 3.05) is 58.8 Å². The zero-order chi connectivity index (χ0) is 28.0. The van der Waals surface area contributed by atoms with Crippen molar-refractivity contribution in [1.82, 2.24) is 24.8 Å². The molecule has 2 saturated heterocycles. The molecule has 2 aliphatic heterocycles. The Kier molecular flexibility index (Phi) is 12.1. The summed E-state index contributed by atoms with van der Waals surface area (Å²) in [5, 5.41) is 3.18. The Morgan fingerprint density at radius 3 is 2.44 bits per heavy atom. The van der Waals surface area contributed by atoms with E-state index in [0.717, 1.165) is 76.2 Å². The van der Waals surface area contributed by atoms with Gasteiger partial charge in [0.25, 0.3) is 0 Å². The molecule has 1 N–H and O–H groups in total. The van der Waals surface area contributed by atoms with Crippen LogP contribution in [-0.2, 0) is 9.53 Å². The van der Waals surface area contributed by atoms with Crippen LogP contribution >= 0.6 is 0 Å². The lowest BCUT2D eigenvalue weighted by Gasteiger charge is -2.29. The average molecular weight is 537 g/mol. The van der Waals surface area contributed by atoms with Gasteiger partial charge in [0.2, 0.25) is 0 Å². The van der Waals surface area contributed by atoms with Crippen LogP contribution < -0.4 is 5.32 Å². The molecule has 0 bridgehead atoms. The van der Waals surface area contributed by atoms with Crippen LogP contribution in [0.1, 0.15) is 41.9 Å². The number of rotatable bonds is 5. The highest BCUT2D eigenvalue weighted by Crippen LogP contribution is 2.29. The lowest BCUT2D eigenvalue weighted by atomic mass is 9.97. The van der Waals surface area contributed by atoms with Gasteiger partial charge in [-0.05, 0) is 64.7 Å². The van der Waals surface area contributed by atoms with Gasteiger partial charge in [-0.25, -0.2) is 14.4 Å². The SMILES string of the molecule is CC=O.CN1CCCC(c2nc(Nc3cccc(F)c3)cc(-c3cncc(C=O)c3)n2)C1.CN1CCOCC1. The number of benzene rings is 1. The van der Waals surface area contributed by atoms with E-state index >= 15 is 0 Å². The number of hydrogen-bond donors (Lipinski definition) is 1. The molecule has 1 aromatic carbocycles. The van der Waals surface area contributed by atoms with Gasteiger partial charge in [0.15, 0.2) is 6.29 Å². The monoisotopic (exact) mass is 536 g/mol. The van der Waals surface area contributed by atoms with Crippen LogP contribution in [0.2, 0.25) is 0 Å². The number of pyridine rings is 1. The van der Waals surface area contributed by atoms with E-state index in [4.69, 9.17) is 19.5 Å². The topological polar surface area (TPSA) is 101 Å². The lowest BCUT2D eigenvalue weighted by molar-refractivity contribution is -0.106. The second kappa shape index (κ2) is 15.7. The van der Waals surface area contributed by atoms with Crippen LogP contribution in [0.25, 0.3) is 11.3 Å². The number of carbonyl (C=O) groups is 2. The lowest BCUT2D eigenvalue weighted by Crippen LogP contribution is -2.32. The van der Waals surface area contributed by atoms with E-state index in [1.807, 2.05) is 0 Å². The van der Waals surface area contributed by atoms with Crippen LogP contribution in [0.5, 0.6) is 0 Å². The molecule has 0 amide bonds. The van der Waals surface area contributed by atoms with Gasteiger partial charge in [-0.15, -0.1) is 0 Å². The average Bonchev–Trinajstić information content (AvgIpc) is 2.94. The minimum atomic E-state index is -0.318. The number of likely N-dealkylation sites (tertiary alicyclic amines) is 1. The quantitative estimate of drug-likeness (QED) is 0.481. The third-order valence-corrected chi connectivity index (χ3v) is 6.26. The first-order chi connectivity index (χ1) is 18.9. The van der Waals surface area contributed by atoms with Crippen molar-refractivity contribution in [3.05, 3.63) is 66.0 Å². The van der Waals surface area contributed by atoms with E-state index in [1.165, 1.54) is 25.3 Å². The predicted octanol–water partition coefficient (Wildman–Crippen LogP) is 4.20. The van der Waals surface area contributed by atoms with E-state index in [-0.39, 0.29) is 11.7 Å². The number of aldehydes is 2. The van der Waals surface area contributed by atoms with Crippen LogP contribution in [0, 0.1) is 5.82 Å². The summed E-state index contributed by atoms with van der Waals surface area (Å²) in [4.78, 5) is 38.2. The van der Waals surface area contributed by atoms with Crippen LogP contribution in [0.3, 0.4) is 0 Å². The molecule has 9 nitrogen and oxygen atoms in total. The Hall–Kier alpha value is -3.60. The molecule has 0 saturated carbocycles. The molecule has 10 heteroatoms. The molecule has 1 unspecified atom stereocenters. The largest absolute Gasteiger partial charge is 0.379 e. The number of hydrogen-bond acceptors (Lipinski definition) is 9. The van der Waals surface area contributed by atoms with Crippen molar-refractivity contribution in [1.29, 1.82) is 0 Å². The summed E-state index contributed by atoms with van der Waals surface area (Å²) in [6, 6.07) is 9.81. The summed E-state index contributed by atoms with van der Waals surface area (Å²) in [6.45, 7) is 7.42. The minimum Gasteiger partial charge on any atom is -0.379 e.